The number of fused-ring (bicyclic) bond motifs is 2. The second-order valence-corrected chi connectivity index (χ2v) is 8.77. The highest BCUT2D eigenvalue weighted by molar-refractivity contribution is 5.75. The third-order valence-electron chi connectivity index (χ3n) is 6.46. The number of hydrogen-bond donors (Lipinski definition) is 0. The van der Waals surface area contributed by atoms with Gasteiger partial charge in [-0.2, -0.15) is 26.3 Å². The first-order valence-electron chi connectivity index (χ1n) is 11.4. The molecule has 2 fully saturated rings. The van der Waals surface area contributed by atoms with Crippen LogP contribution in [0.5, 0.6) is 11.5 Å². The van der Waals surface area contributed by atoms with Gasteiger partial charge in [0.15, 0.2) is 23.0 Å². The van der Waals surface area contributed by atoms with E-state index in [0.717, 1.165) is 21.6 Å². The van der Waals surface area contributed by atoms with Crippen molar-refractivity contribution in [2.75, 3.05) is 26.7 Å². The van der Waals surface area contributed by atoms with Crippen molar-refractivity contribution in [3.05, 3.63) is 53.0 Å². The van der Waals surface area contributed by atoms with E-state index in [2.05, 4.69) is 4.74 Å². The monoisotopic (exact) mass is 533 g/mol. The van der Waals surface area contributed by atoms with Crippen molar-refractivity contribution >= 4 is 11.7 Å². The van der Waals surface area contributed by atoms with Crippen LogP contribution in [0.2, 0.25) is 0 Å². The Morgan fingerprint density at radius 2 is 1.57 bits per heavy atom. The highest BCUT2D eigenvalue weighted by atomic mass is 19.4. The number of halogens is 6. The van der Waals surface area contributed by atoms with Gasteiger partial charge in [-0.1, -0.05) is 11.6 Å². The molecule has 1 amide bonds. The van der Waals surface area contributed by atoms with Crippen LogP contribution < -0.4 is 9.47 Å². The molecular formula is C24H21F6NO6. The maximum absolute atomic E-state index is 12.8. The Bertz CT molecular complexity index is 1150. The molecule has 0 radical (unpaired) electrons. The summed E-state index contributed by atoms with van der Waals surface area (Å²) in [4.78, 5) is 13.1. The van der Waals surface area contributed by atoms with Gasteiger partial charge in [0.25, 0.3) is 6.10 Å². The van der Waals surface area contributed by atoms with Crippen molar-refractivity contribution in [3.63, 3.8) is 0 Å². The summed E-state index contributed by atoms with van der Waals surface area (Å²) >= 11 is 0. The zero-order valence-corrected chi connectivity index (χ0v) is 19.2. The molecule has 13 heteroatoms. The minimum Gasteiger partial charge on any atom is -0.454 e. The number of likely N-dealkylation sites (tertiary alicyclic amines) is 1. The molecule has 1 aromatic rings. The lowest BCUT2D eigenvalue weighted by Crippen LogP contribution is -2.49. The molecule has 37 heavy (non-hydrogen) atoms. The summed E-state index contributed by atoms with van der Waals surface area (Å²) in [5, 5.41) is 0. The zero-order chi connectivity index (χ0) is 26.4. The van der Waals surface area contributed by atoms with Gasteiger partial charge in [0, 0.05) is 19.0 Å². The predicted octanol–water partition coefficient (Wildman–Crippen LogP) is 5.69. The van der Waals surface area contributed by atoms with Gasteiger partial charge in [-0.05, 0) is 54.7 Å². The number of carbonyl (C=O) groups excluding carboxylic acids is 1. The smallest absolute Gasteiger partial charge is 0.434 e. The largest absolute Gasteiger partial charge is 0.454 e. The molecule has 3 aliphatic heterocycles. The molecule has 0 spiro atoms. The Balaban J connectivity index is 1.38. The number of benzene rings is 1. The summed E-state index contributed by atoms with van der Waals surface area (Å²) in [5.41, 5.74) is 2.64. The van der Waals surface area contributed by atoms with Crippen LogP contribution in [0.15, 0.2) is 47.4 Å². The standard InChI is InChI=1S/C24H21F6NO6/c25-23(26,27)21(24(28,29)30)37-22(32)31-7-5-13(6-8-31)20(14-1-3-16-18(9-14)35-11-33-16)15-2-4-17-19(10-15)36-12-34-17/h1,3-4,9-10,15,21H,2,5-8,11-12H2. The van der Waals surface area contributed by atoms with E-state index < -0.39 is 24.5 Å². The molecule has 0 saturated carbocycles. The molecule has 4 aliphatic rings. The van der Waals surface area contributed by atoms with Gasteiger partial charge in [-0.15, -0.1) is 0 Å². The van der Waals surface area contributed by atoms with Crippen molar-refractivity contribution in [1.29, 1.82) is 0 Å². The number of carbonyl (C=O) groups is 1. The number of piperidine rings is 1. The summed E-state index contributed by atoms with van der Waals surface area (Å²) in [6.45, 7) is -0.0130. The SMILES string of the molecule is O=C(OC(C(F)(F)F)C(F)(F)F)N1CCC(=C(c2ccc3c(c2)OCO3)C2C=C3OCOC3=CC2)CC1. The van der Waals surface area contributed by atoms with Gasteiger partial charge >= 0.3 is 18.4 Å². The minimum atomic E-state index is -5.77. The van der Waals surface area contributed by atoms with Crippen LogP contribution >= 0.6 is 0 Å². The van der Waals surface area contributed by atoms with Crippen molar-refractivity contribution in [2.45, 2.75) is 37.7 Å². The average molecular weight is 533 g/mol. The van der Waals surface area contributed by atoms with E-state index in [9.17, 15) is 31.1 Å². The summed E-state index contributed by atoms with van der Waals surface area (Å²) in [6.07, 6.45) is -12.5. The molecule has 5 rings (SSSR count). The summed E-state index contributed by atoms with van der Waals surface area (Å²) in [6, 6.07) is 5.45. The van der Waals surface area contributed by atoms with Crippen LogP contribution in [0.1, 0.15) is 24.8 Å². The van der Waals surface area contributed by atoms with Gasteiger partial charge in [0.2, 0.25) is 13.6 Å². The number of ether oxygens (including phenoxy) is 5. The van der Waals surface area contributed by atoms with Crippen molar-refractivity contribution < 1.29 is 54.8 Å². The van der Waals surface area contributed by atoms with Gasteiger partial charge in [-0.25, -0.2) is 4.79 Å². The Labute approximate surface area is 206 Å². The third kappa shape index (κ3) is 5.16. The molecule has 1 atom stereocenters. The number of nitrogens with zero attached hydrogens (tertiary/aromatic N) is 1. The van der Waals surface area contributed by atoms with Crippen LogP contribution in [0.25, 0.3) is 5.57 Å². The van der Waals surface area contributed by atoms with Gasteiger partial charge in [0.1, 0.15) is 0 Å². The topological polar surface area (TPSA) is 66.5 Å². The average Bonchev–Trinajstić information content (AvgIpc) is 3.50. The lowest BCUT2D eigenvalue weighted by molar-refractivity contribution is -0.308. The number of alkyl halides is 6. The van der Waals surface area contributed by atoms with E-state index in [4.69, 9.17) is 18.9 Å². The first-order valence-corrected chi connectivity index (χ1v) is 11.4. The Morgan fingerprint density at radius 3 is 2.27 bits per heavy atom. The molecule has 200 valence electrons. The van der Waals surface area contributed by atoms with E-state index in [1.165, 1.54) is 0 Å². The molecule has 0 bridgehead atoms. The fourth-order valence-electron chi connectivity index (χ4n) is 4.74. The van der Waals surface area contributed by atoms with Crippen LogP contribution in [-0.4, -0.2) is 56.1 Å². The molecule has 2 saturated heterocycles. The molecule has 1 aromatic carbocycles. The van der Waals surface area contributed by atoms with E-state index >= 15 is 0 Å². The zero-order valence-electron chi connectivity index (χ0n) is 19.2. The predicted molar refractivity (Wildman–Crippen MR) is 114 cm³/mol. The molecule has 0 aromatic heterocycles. The Morgan fingerprint density at radius 1 is 0.919 bits per heavy atom. The summed E-state index contributed by atoms with van der Waals surface area (Å²) in [7, 11) is 0. The maximum atomic E-state index is 12.8. The van der Waals surface area contributed by atoms with Crippen LogP contribution in [0.3, 0.4) is 0 Å². The van der Waals surface area contributed by atoms with Crippen molar-refractivity contribution in [2.24, 2.45) is 5.92 Å². The minimum absolute atomic E-state index is 0.0867. The van der Waals surface area contributed by atoms with Gasteiger partial charge in [-0.3, -0.25) is 0 Å². The third-order valence-corrected chi connectivity index (χ3v) is 6.46. The first kappa shape index (κ1) is 25.2. The van der Waals surface area contributed by atoms with Crippen LogP contribution in [-0.2, 0) is 14.2 Å². The molecule has 3 heterocycles. The van der Waals surface area contributed by atoms with Crippen molar-refractivity contribution in [1.82, 2.24) is 4.90 Å². The fourth-order valence-corrected chi connectivity index (χ4v) is 4.74. The summed E-state index contributed by atoms with van der Waals surface area (Å²) in [5.74, 6) is 2.25. The summed E-state index contributed by atoms with van der Waals surface area (Å²) < 4.78 is 103. The number of allylic oxidation sites excluding steroid dienone is 3. The van der Waals surface area contributed by atoms with Crippen molar-refractivity contribution in [3.8, 4) is 11.5 Å². The lowest BCUT2D eigenvalue weighted by atomic mass is 9.81. The second-order valence-electron chi connectivity index (χ2n) is 8.77. The van der Waals surface area contributed by atoms with E-state index in [-0.39, 0.29) is 45.4 Å². The second kappa shape index (κ2) is 9.42. The lowest BCUT2D eigenvalue weighted by Gasteiger charge is -2.33. The van der Waals surface area contributed by atoms with Crippen LogP contribution in [0.4, 0.5) is 31.1 Å². The van der Waals surface area contributed by atoms with E-state index in [1.54, 1.807) is 6.07 Å². The molecule has 1 aliphatic carbocycles. The molecule has 7 nitrogen and oxygen atoms in total. The highest BCUT2D eigenvalue weighted by Gasteiger charge is 2.60. The van der Waals surface area contributed by atoms with Gasteiger partial charge in [0.05, 0.1) is 0 Å². The van der Waals surface area contributed by atoms with E-state index in [0.29, 0.717) is 29.4 Å². The quantitative estimate of drug-likeness (QED) is 0.466. The van der Waals surface area contributed by atoms with Gasteiger partial charge < -0.3 is 28.6 Å². The molecule has 1 unspecified atom stereocenters. The van der Waals surface area contributed by atoms with E-state index in [1.807, 2.05) is 24.3 Å². The fraction of sp³-hybridized carbons (Fsp3) is 0.458. The van der Waals surface area contributed by atoms with Crippen LogP contribution in [0, 0.1) is 5.92 Å². The Hall–Kier alpha value is -3.51. The number of rotatable bonds is 3. The maximum Gasteiger partial charge on any atom is 0.434 e. The highest BCUT2D eigenvalue weighted by Crippen LogP contribution is 2.43. The number of hydrogen-bond acceptors (Lipinski definition) is 6. The number of amides is 1. The molecular weight excluding hydrogens is 512 g/mol. The first-order chi connectivity index (χ1) is 17.5. The molecule has 0 N–H and O–H groups in total. The Kier molecular flexibility index (Phi) is 6.40. The normalized spacial score (nSPS) is 21.1.